The first-order chi connectivity index (χ1) is 7.89. The van der Waals surface area contributed by atoms with Crippen molar-refractivity contribution in [2.24, 2.45) is 0 Å². The van der Waals surface area contributed by atoms with Gasteiger partial charge < -0.3 is 4.74 Å². The molecule has 0 radical (unpaired) electrons. The minimum Gasteiger partial charge on any atom is -0.370 e. The smallest absolute Gasteiger partial charge is 0.370 e. The molecule has 1 heterocycles. The van der Waals surface area contributed by atoms with Crippen molar-refractivity contribution in [3.63, 3.8) is 0 Å². The lowest BCUT2D eigenvalue weighted by Gasteiger charge is -2.02. The van der Waals surface area contributed by atoms with E-state index in [-0.39, 0.29) is 0 Å². The molecule has 0 unspecified atom stereocenters. The fraction of sp³-hybridized carbons (Fsp3) is 0.0909. The second-order valence-corrected chi connectivity index (χ2v) is 2.56. The fourth-order valence-corrected chi connectivity index (χ4v) is 0.655. The van der Waals surface area contributed by atoms with E-state index in [1.165, 1.54) is 0 Å². The lowest BCUT2D eigenvalue weighted by Crippen LogP contribution is -2.17. The predicted molar refractivity (Wildman–Crippen MR) is 56.7 cm³/mol. The van der Waals surface area contributed by atoms with E-state index in [0.29, 0.717) is 6.08 Å². The summed E-state index contributed by atoms with van der Waals surface area (Å²) in [7, 11) is 0. The Labute approximate surface area is 96.2 Å². The van der Waals surface area contributed by atoms with E-state index in [1.807, 2.05) is 12.1 Å². The maximum atomic E-state index is 11.0. The van der Waals surface area contributed by atoms with E-state index >= 15 is 0 Å². The molecule has 92 valence electrons. The zero-order chi connectivity index (χ0) is 13.3. The molecule has 0 amide bonds. The molecule has 1 rings (SSSR count). The third-order valence-electron chi connectivity index (χ3n) is 1.32. The second kappa shape index (κ2) is 7.21. The largest absolute Gasteiger partial charge is 0.575 e. The standard InChI is InChI=1S/C7H7N.C4H3F3O2/c1-2-7-3-5-8-6-4-7;1-2-3(8)9-4(5,6)7/h2-6H,1H2;2H,1H2. The van der Waals surface area contributed by atoms with Gasteiger partial charge in [0.2, 0.25) is 0 Å². The number of carbonyl (C=O) groups is 1. The molecule has 1 aromatic rings. The Hall–Kier alpha value is -2.11. The molecule has 1 aromatic heterocycles. The lowest BCUT2D eigenvalue weighted by molar-refractivity contribution is -0.302. The normalized spacial score (nSPS) is 9.59. The molecule has 0 aliphatic carbocycles. The SMILES string of the molecule is C=CC(=O)OC(F)(F)F.C=Cc1ccncc1. The first-order valence-corrected chi connectivity index (χ1v) is 4.33. The fourth-order valence-electron chi connectivity index (χ4n) is 0.655. The second-order valence-electron chi connectivity index (χ2n) is 2.56. The van der Waals surface area contributed by atoms with E-state index in [9.17, 15) is 18.0 Å². The zero-order valence-corrected chi connectivity index (χ0v) is 8.78. The molecule has 0 saturated heterocycles. The number of hydrogen-bond acceptors (Lipinski definition) is 3. The van der Waals surface area contributed by atoms with Crippen molar-refractivity contribution in [3.05, 3.63) is 49.3 Å². The van der Waals surface area contributed by atoms with Gasteiger partial charge in [0.15, 0.2) is 0 Å². The van der Waals surface area contributed by atoms with Gasteiger partial charge in [-0.2, -0.15) is 0 Å². The van der Waals surface area contributed by atoms with Crippen molar-refractivity contribution >= 4 is 12.0 Å². The van der Waals surface area contributed by atoms with E-state index in [2.05, 4.69) is 22.9 Å². The Morgan fingerprint density at radius 2 is 1.82 bits per heavy atom. The Morgan fingerprint density at radius 1 is 1.29 bits per heavy atom. The molecule has 0 atom stereocenters. The molecule has 0 saturated carbocycles. The van der Waals surface area contributed by atoms with Crippen molar-refractivity contribution in [1.82, 2.24) is 4.98 Å². The zero-order valence-electron chi connectivity index (χ0n) is 8.78. The van der Waals surface area contributed by atoms with Crippen LogP contribution >= 0.6 is 0 Å². The molecule has 17 heavy (non-hydrogen) atoms. The molecule has 0 bridgehead atoms. The minimum absolute atomic E-state index is 0.438. The van der Waals surface area contributed by atoms with Gasteiger partial charge in [0, 0.05) is 18.5 Å². The number of halogens is 3. The molecule has 6 heteroatoms. The van der Waals surface area contributed by atoms with Gasteiger partial charge in [-0.15, -0.1) is 13.2 Å². The maximum absolute atomic E-state index is 11.0. The van der Waals surface area contributed by atoms with Gasteiger partial charge in [0.25, 0.3) is 0 Å². The Balaban J connectivity index is 0.000000302. The highest BCUT2D eigenvalue weighted by Gasteiger charge is 2.32. The molecular weight excluding hydrogens is 235 g/mol. The van der Waals surface area contributed by atoms with Crippen LogP contribution in [-0.4, -0.2) is 17.3 Å². The minimum atomic E-state index is -4.90. The highest BCUT2D eigenvalue weighted by atomic mass is 19.4. The van der Waals surface area contributed by atoms with Crippen LogP contribution in [0.1, 0.15) is 5.56 Å². The average molecular weight is 245 g/mol. The van der Waals surface area contributed by atoms with Crippen LogP contribution in [0.15, 0.2) is 43.8 Å². The third kappa shape index (κ3) is 8.86. The highest BCUT2D eigenvalue weighted by Crippen LogP contribution is 2.15. The summed E-state index contributed by atoms with van der Waals surface area (Å²) >= 11 is 0. The number of ether oxygens (including phenoxy) is 1. The third-order valence-corrected chi connectivity index (χ3v) is 1.32. The molecule has 0 N–H and O–H groups in total. The number of hydrogen-bond donors (Lipinski definition) is 0. The van der Waals surface area contributed by atoms with Crippen LogP contribution in [0, 0.1) is 0 Å². The van der Waals surface area contributed by atoms with Gasteiger partial charge in [0.1, 0.15) is 0 Å². The Morgan fingerprint density at radius 3 is 2.06 bits per heavy atom. The van der Waals surface area contributed by atoms with Crippen molar-refractivity contribution in [3.8, 4) is 0 Å². The van der Waals surface area contributed by atoms with Crippen molar-refractivity contribution in [1.29, 1.82) is 0 Å². The molecular formula is C11H10F3NO2. The van der Waals surface area contributed by atoms with Crippen LogP contribution in [-0.2, 0) is 9.53 Å². The molecule has 0 fully saturated rings. The molecule has 0 spiro atoms. The van der Waals surface area contributed by atoms with Crippen LogP contribution in [0.2, 0.25) is 0 Å². The van der Waals surface area contributed by atoms with Crippen LogP contribution in [0.3, 0.4) is 0 Å². The van der Waals surface area contributed by atoms with Crippen molar-refractivity contribution in [2.75, 3.05) is 0 Å². The van der Waals surface area contributed by atoms with E-state index in [0.717, 1.165) is 5.56 Å². The number of carbonyl (C=O) groups excluding carboxylic acids is 1. The average Bonchev–Trinajstić information content (AvgIpc) is 2.28. The van der Waals surface area contributed by atoms with E-state index < -0.39 is 12.3 Å². The number of esters is 1. The summed E-state index contributed by atoms with van der Waals surface area (Å²) in [5.74, 6) is -1.50. The monoisotopic (exact) mass is 245 g/mol. The highest BCUT2D eigenvalue weighted by molar-refractivity contribution is 5.81. The Bertz CT molecular complexity index is 374. The van der Waals surface area contributed by atoms with Gasteiger partial charge in [-0.25, -0.2) is 4.79 Å². The first-order valence-electron chi connectivity index (χ1n) is 4.33. The number of aromatic nitrogens is 1. The summed E-state index contributed by atoms with van der Waals surface area (Å²) in [4.78, 5) is 13.6. The lowest BCUT2D eigenvalue weighted by atomic mass is 10.3. The van der Waals surface area contributed by atoms with Crippen LogP contribution in [0.25, 0.3) is 6.08 Å². The van der Waals surface area contributed by atoms with Crippen LogP contribution in [0.4, 0.5) is 13.2 Å². The van der Waals surface area contributed by atoms with Crippen LogP contribution in [0.5, 0.6) is 0 Å². The summed E-state index contributed by atoms with van der Waals surface area (Å²) in [5.41, 5.74) is 1.11. The number of rotatable bonds is 2. The number of alkyl halides is 3. The van der Waals surface area contributed by atoms with Gasteiger partial charge in [-0.05, 0) is 17.7 Å². The topological polar surface area (TPSA) is 39.2 Å². The summed E-state index contributed by atoms with van der Waals surface area (Å²) in [6, 6.07) is 3.82. The summed E-state index contributed by atoms with van der Waals surface area (Å²) < 4.78 is 35.8. The Kier molecular flexibility index (Phi) is 6.32. The van der Waals surface area contributed by atoms with Gasteiger partial charge >= 0.3 is 12.3 Å². The van der Waals surface area contributed by atoms with Crippen molar-refractivity contribution in [2.45, 2.75) is 6.36 Å². The summed E-state index contributed by atoms with van der Waals surface area (Å²) in [5, 5.41) is 0. The molecule has 0 aliphatic rings. The van der Waals surface area contributed by atoms with E-state index in [1.54, 1.807) is 18.5 Å². The molecule has 0 aromatic carbocycles. The quantitative estimate of drug-likeness (QED) is 0.594. The molecule has 3 nitrogen and oxygen atoms in total. The van der Waals surface area contributed by atoms with Gasteiger partial charge in [-0.3, -0.25) is 4.98 Å². The molecule has 0 aliphatic heterocycles. The van der Waals surface area contributed by atoms with Crippen molar-refractivity contribution < 1.29 is 22.7 Å². The maximum Gasteiger partial charge on any atom is 0.575 e. The first kappa shape index (κ1) is 14.9. The van der Waals surface area contributed by atoms with Crippen LogP contribution < -0.4 is 0 Å². The van der Waals surface area contributed by atoms with Gasteiger partial charge in [-0.1, -0.05) is 19.2 Å². The summed E-state index contributed by atoms with van der Waals surface area (Å²) in [6.45, 7) is 6.37. The number of nitrogens with zero attached hydrogens (tertiary/aromatic N) is 1. The predicted octanol–water partition coefficient (Wildman–Crippen LogP) is 2.96. The van der Waals surface area contributed by atoms with E-state index in [4.69, 9.17) is 0 Å². The van der Waals surface area contributed by atoms with Gasteiger partial charge in [0.05, 0.1) is 0 Å². The summed E-state index contributed by atoms with van der Waals surface area (Å²) in [6.07, 6.45) is 0.828. The number of pyridine rings is 1.